The molecular weight excluding hydrogens is 613 g/mol. The average Bonchev–Trinajstić information content (AvgIpc) is 2.98. The van der Waals surface area contributed by atoms with Gasteiger partial charge in [-0.3, -0.25) is 13.9 Å². The van der Waals surface area contributed by atoms with Gasteiger partial charge in [-0.1, -0.05) is 90.0 Å². The molecule has 1 N–H and O–H groups in total. The Morgan fingerprint density at radius 3 is 2.09 bits per heavy atom. The second-order valence-electron chi connectivity index (χ2n) is 11.8. The standard InChI is InChI=1S/C35H37ClFN3O4S/c1-25-18-20-28(21-19-25)45(43,44)40(31-17-11-9-15-29(31)36)24-33(41)39(23-27-14-8-10-16-30(27)37)32(34(42)38-35(2,3)4)22-26-12-6-5-7-13-26/h5-21,32H,22-24H2,1-4H3,(H,38,42)/t32-/m0/s1. The molecule has 2 amide bonds. The summed E-state index contributed by atoms with van der Waals surface area (Å²) in [6.45, 7) is 6.33. The summed E-state index contributed by atoms with van der Waals surface area (Å²) in [7, 11) is -4.31. The molecule has 4 rings (SSSR count). The lowest BCUT2D eigenvalue weighted by Crippen LogP contribution is -2.56. The second kappa shape index (κ2) is 14.3. The zero-order chi connectivity index (χ0) is 32.8. The van der Waals surface area contributed by atoms with Crippen molar-refractivity contribution in [2.45, 2.75) is 57.1 Å². The Morgan fingerprint density at radius 1 is 0.867 bits per heavy atom. The molecule has 7 nitrogen and oxygen atoms in total. The van der Waals surface area contributed by atoms with E-state index in [0.29, 0.717) is 0 Å². The number of rotatable bonds is 11. The van der Waals surface area contributed by atoms with E-state index in [1.54, 1.807) is 30.3 Å². The second-order valence-corrected chi connectivity index (χ2v) is 14.1. The number of para-hydroxylation sites is 1. The third-order valence-electron chi connectivity index (χ3n) is 7.08. The first-order valence-corrected chi connectivity index (χ1v) is 16.3. The number of benzene rings is 4. The Kier molecular flexibility index (Phi) is 10.7. The van der Waals surface area contributed by atoms with E-state index in [1.807, 2.05) is 58.0 Å². The maximum Gasteiger partial charge on any atom is 0.264 e. The number of hydrogen-bond donors (Lipinski definition) is 1. The van der Waals surface area contributed by atoms with Gasteiger partial charge in [-0.25, -0.2) is 12.8 Å². The summed E-state index contributed by atoms with van der Waals surface area (Å²) < 4.78 is 44.2. The molecule has 45 heavy (non-hydrogen) atoms. The maximum atomic E-state index is 15.0. The van der Waals surface area contributed by atoms with Gasteiger partial charge in [-0.05, 0) is 63.6 Å². The topological polar surface area (TPSA) is 86.8 Å². The fraction of sp³-hybridized carbons (Fsp3) is 0.257. The Hall–Kier alpha value is -4.21. The summed E-state index contributed by atoms with van der Waals surface area (Å²) in [6, 6.07) is 26.6. The number of hydrogen-bond acceptors (Lipinski definition) is 4. The molecule has 0 bridgehead atoms. The third-order valence-corrected chi connectivity index (χ3v) is 9.17. The minimum Gasteiger partial charge on any atom is -0.350 e. The van der Waals surface area contributed by atoms with Crippen LogP contribution in [-0.2, 0) is 32.6 Å². The number of sulfonamides is 1. The molecule has 0 aliphatic carbocycles. The van der Waals surface area contributed by atoms with Crippen molar-refractivity contribution >= 4 is 39.1 Å². The monoisotopic (exact) mass is 649 g/mol. The lowest BCUT2D eigenvalue weighted by atomic mass is 10.0. The Bertz CT molecular complexity index is 1740. The van der Waals surface area contributed by atoms with Gasteiger partial charge in [0.15, 0.2) is 0 Å². The van der Waals surface area contributed by atoms with Crippen molar-refractivity contribution in [1.82, 2.24) is 10.2 Å². The van der Waals surface area contributed by atoms with Crippen LogP contribution in [0.15, 0.2) is 108 Å². The van der Waals surface area contributed by atoms with Crippen LogP contribution in [0.4, 0.5) is 10.1 Å². The normalized spacial score (nSPS) is 12.3. The number of halogens is 2. The predicted molar refractivity (Wildman–Crippen MR) is 176 cm³/mol. The number of nitrogens with one attached hydrogen (secondary N) is 1. The van der Waals surface area contributed by atoms with Crippen LogP contribution in [0.2, 0.25) is 5.02 Å². The van der Waals surface area contributed by atoms with Crippen LogP contribution in [0.3, 0.4) is 0 Å². The smallest absolute Gasteiger partial charge is 0.264 e. The molecule has 0 heterocycles. The first-order chi connectivity index (χ1) is 21.3. The molecule has 0 radical (unpaired) electrons. The summed E-state index contributed by atoms with van der Waals surface area (Å²) >= 11 is 6.50. The van der Waals surface area contributed by atoms with Crippen LogP contribution in [0, 0.1) is 12.7 Å². The van der Waals surface area contributed by atoms with Crippen molar-refractivity contribution in [2.24, 2.45) is 0 Å². The summed E-state index contributed by atoms with van der Waals surface area (Å²) in [6.07, 6.45) is 0.111. The largest absolute Gasteiger partial charge is 0.350 e. The number of carbonyl (C=O) groups excluding carboxylic acids is 2. The summed E-state index contributed by atoms with van der Waals surface area (Å²) in [4.78, 5) is 29.6. The van der Waals surface area contributed by atoms with Crippen molar-refractivity contribution in [3.63, 3.8) is 0 Å². The fourth-order valence-electron chi connectivity index (χ4n) is 4.82. The van der Waals surface area contributed by atoms with Crippen molar-refractivity contribution < 1.29 is 22.4 Å². The van der Waals surface area contributed by atoms with Gasteiger partial charge in [0.25, 0.3) is 10.0 Å². The molecule has 0 saturated carbocycles. The quantitative estimate of drug-likeness (QED) is 0.200. The minimum atomic E-state index is -4.31. The van der Waals surface area contributed by atoms with Gasteiger partial charge < -0.3 is 10.2 Å². The lowest BCUT2D eigenvalue weighted by molar-refractivity contribution is -0.140. The average molecular weight is 650 g/mol. The predicted octanol–water partition coefficient (Wildman–Crippen LogP) is 6.54. The van der Waals surface area contributed by atoms with E-state index in [2.05, 4.69) is 5.32 Å². The van der Waals surface area contributed by atoms with Crippen LogP contribution in [0.1, 0.15) is 37.5 Å². The van der Waals surface area contributed by atoms with Crippen LogP contribution in [0.25, 0.3) is 0 Å². The SMILES string of the molecule is Cc1ccc(S(=O)(=O)N(CC(=O)N(Cc2ccccc2F)[C@@H](Cc2ccccc2)C(=O)NC(C)(C)C)c2ccccc2Cl)cc1. The summed E-state index contributed by atoms with van der Waals surface area (Å²) in [5.74, 6) is -1.72. The van der Waals surface area contributed by atoms with E-state index in [0.717, 1.165) is 15.4 Å². The number of anilines is 1. The zero-order valence-corrected chi connectivity index (χ0v) is 27.3. The van der Waals surface area contributed by atoms with Crippen LogP contribution in [-0.4, -0.2) is 43.3 Å². The molecular formula is C35H37ClFN3O4S. The zero-order valence-electron chi connectivity index (χ0n) is 25.7. The highest BCUT2D eigenvalue weighted by Crippen LogP contribution is 2.31. The van der Waals surface area contributed by atoms with Crippen molar-refractivity contribution in [3.05, 3.63) is 131 Å². The van der Waals surface area contributed by atoms with Gasteiger partial charge in [0, 0.05) is 24.1 Å². The van der Waals surface area contributed by atoms with Gasteiger partial charge >= 0.3 is 0 Å². The fourth-order valence-corrected chi connectivity index (χ4v) is 6.54. The van der Waals surface area contributed by atoms with E-state index < -0.39 is 45.8 Å². The van der Waals surface area contributed by atoms with Gasteiger partial charge in [0.1, 0.15) is 18.4 Å². The van der Waals surface area contributed by atoms with E-state index in [9.17, 15) is 18.0 Å². The number of aryl methyl sites for hydroxylation is 1. The molecule has 0 fully saturated rings. The number of amides is 2. The molecule has 236 valence electrons. The van der Waals surface area contributed by atoms with Crippen LogP contribution < -0.4 is 9.62 Å². The summed E-state index contributed by atoms with van der Waals surface area (Å²) in [5, 5.41) is 3.07. The maximum absolute atomic E-state index is 15.0. The van der Waals surface area contributed by atoms with E-state index in [1.165, 1.54) is 47.4 Å². The molecule has 0 spiro atoms. The molecule has 4 aromatic carbocycles. The molecule has 0 unspecified atom stereocenters. The molecule has 0 aliphatic rings. The Morgan fingerprint density at radius 2 is 1.47 bits per heavy atom. The number of nitrogens with zero attached hydrogens (tertiary/aromatic N) is 2. The summed E-state index contributed by atoms with van der Waals surface area (Å²) in [5.41, 5.74) is 1.26. The first kappa shape index (κ1) is 33.7. The molecule has 0 aliphatic heterocycles. The van der Waals surface area contributed by atoms with Gasteiger partial charge in [0.2, 0.25) is 11.8 Å². The van der Waals surface area contributed by atoms with Gasteiger partial charge in [-0.2, -0.15) is 0 Å². The van der Waals surface area contributed by atoms with Crippen LogP contribution >= 0.6 is 11.6 Å². The molecule has 10 heteroatoms. The molecule has 4 aromatic rings. The Balaban J connectivity index is 1.84. The highest BCUT2D eigenvalue weighted by Gasteiger charge is 2.36. The van der Waals surface area contributed by atoms with Gasteiger partial charge in [-0.15, -0.1) is 0 Å². The van der Waals surface area contributed by atoms with Crippen molar-refractivity contribution in [2.75, 3.05) is 10.8 Å². The highest BCUT2D eigenvalue weighted by molar-refractivity contribution is 7.92. The van der Waals surface area contributed by atoms with Crippen LogP contribution in [0.5, 0.6) is 0 Å². The van der Waals surface area contributed by atoms with E-state index in [4.69, 9.17) is 11.6 Å². The van der Waals surface area contributed by atoms with Crippen molar-refractivity contribution in [3.8, 4) is 0 Å². The van der Waals surface area contributed by atoms with E-state index in [-0.39, 0.29) is 34.1 Å². The van der Waals surface area contributed by atoms with Gasteiger partial charge in [0.05, 0.1) is 15.6 Å². The highest BCUT2D eigenvalue weighted by atomic mass is 35.5. The first-order valence-electron chi connectivity index (χ1n) is 14.5. The lowest BCUT2D eigenvalue weighted by Gasteiger charge is -2.35. The molecule has 0 aromatic heterocycles. The van der Waals surface area contributed by atoms with E-state index >= 15 is 4.39 Å². The third kappa shape index (κ3) is 8.71. The molecule has 1 atom stereocenters. The van der Waals surface area contributed by atoms with Crippen molar-refractivity contribution in [1.29, 1.82) is 0 Å². The molecule has 0 saturated heterocycles. The Labute approximate surface area is 269 Å². The minimum absolute atomic E-state index is 0.0345. The number of carbonyl (C=O) groups is 2.